The van der Waals surface area contributed by atoms with Crippen molar-refractivity contribution in [3.05, 3.63) is 39.8 Å². The SMILES string of the molecule is NCCc1cc(Br)ccc1Sc1nccs1. The number of nitrogens with two attached hydrogens (primary N) is 1. The van der Waals surface area contributed by atoms with Gasteiger partial charge in [0.25, 0.3) is 0 Å². The summed E-state index contributed by atoms with van der Waals surface area (Å²) in [5.41, 5.74) is 6.89. The number of hydrogen-bond donors (Lipinski definition) is 1. The molecule has 16 heavy (non-hydrogen) atoms. The second-order valence-corrected chi connectivity index (χ2v) is 6.29. The Labute approximate surface area is 111 Å². The summed E-state index contributed by atoms with van der Waals surface area (Å²) in [5, 5.41) is 1.99. The lowest BCUT2D eigenvalue weighted by atomic mass is 10.1. The second-order valence-electron chi connectivity index (χ2n) is 3.19. The molecule has 0 saturated heterocycles. The quantitative estimate of drug-likeness (QED) is 0.937. The van der Waals surface area contributed by atoms with Gasteiger partial charge in [0.2, 0.25) is 0 Å². The van der Waals surface area contributed by atoms with Crippen molar-refractivity contribution in [3.63, 3.8) is 0 Å². The summed E-state index contributed by atoms with van der Waals surface area (Å²) in [6, 6.07) is 6.29. The summed E-state index contributed by atoms with van der Waals surface area (Å²) in [6.45, 7) is 0.669. The number of aromatic nitrogens is 1. The van der Waals surface area contributed by atoms with Crippen LogP contribution in [0.1, 0.15) is 5.56 Å². The van der Waals surface area contributed by atoms with Crippen LogP contribution in [0.25, 0.3) is 0 Å². The van der Waals surface area contributed by atoms with Crippen molar-refractivity contribution < 1.29 is 0 Å². The minimum atomic E-state index is 0.669. The summed E-state index contributed by atoms with van der Waals surface area (Å²) in [5.74, 6) is 0. The average molecular weight is 315 g/mol. The lowest BCUT2D eigenvalue weighted by Crippen LogP contribution is -2.03. The van der Waals surface area contributed by atoms with E-state index >= 15 is 0 Å². The number of rotatable bonds is 4. The van der Waals surface area contributed by atoms with Crippen LogP contribution in [-0.4, -0.2) is 11.5 Å². The molecule has 5 heteroatoms. The van der Waals surface area contributed by atoms with E-state index < -0.39 is 0 Å². The van der Waals surface area contributed by atoms with Gasteiger partial charge in [-0.25, -0.2) is 4.98 Å². The van der Waals surface area contributed by atoms with Gasteiger partial charge < -0.3 is 5.73 Å². The maximum atomic E-state index is 5.62. The topological polar surface area (TPSA) is 38.9 Å². The molecule has 0 fully saturated rings. The fraction of sp³-hybridized carbons (Fsp3) is 0.182. The molecule has 0 atom stereocenters. The molecule has 0 radical (unpaired) electrons. The van der Waals surface area contributed by atoms with Crippen molar-refractivity contribution in [2.75, 3.05) is 6.54 Å². The molecule has 0 bridgehead atoms. The lowest BCUT2D eigenvalue weighted by Gasteiger charge is -2.07. The molecule has 1 aromatic carbocycles. The van der Waals surface area contributed by atoms with Crippen LogP contribution < -0.4 is 5.73 Å². The lowest BCUT2D eigenvalue weighted by molar-refractivity contribution is 0.943. The molecule has 2 N–H and O–H groups in total. The van der Waals surface area contributed by atoms with Gasteiger partial charge in [-0.2, -0.15) is 0 Å². The Hall–Kier alpha value is -0.360. The van der Waals surface area contributed by atoms with Gasteiger partial charge in [0.1, 0.15) is 0 Å². The summed E-state index contributed by atoms with van der Waals surface area (Å²) in [7, 11) is 0. The Kier molecular flexibility index (Phi) is 4.40. The van der Waals surface area contributed by atoms with Crippen LogP contribution in [0.5, 0.6) is 0 Å². The Morgan fingerprint density at radius 2 is 2.31 bits per heavy atom. The molecule has 2 aromatic rings. The van der Waals surface area contributed by atoms with E-state index in [1.54, 1.807) is 23.1 Å². The summed E-state index contributed by atoms with van der Waals surface area (Å²) >= 11 is 6.84. The Balaban J connectivity index is 2.25. The average Bonchev–Trinajstić information content (AvgIpc) is 2.75. The van der Waals surface area contributed by atoms with E-state index in [9.17, 15) is 0 Å². The highest BCUT2D eigenvalue weighted by atomic mass is 79.9. The Morgan fingerprint density at radius 1 is 1.44 bits per heavy atom. The number of nitrogens with zero attached hydrogens (tertiary/aromatic N) is 1. The molecule has 1 heterocycles. The van der Waals surface area contributed by atoms with Gasteiger partial charge in [-0.3, -0.25) is 0 Å². The van der Waals surface area contributed by atoms with E-state index in [1.807, 2.05) is 11.6 Å². The Bertz CT molecular complexity index is 457. The van der Waals surface area contributed by atoms with Gasteiger partial charge in [0, 0.05) is 20.9 Å². The first-order valence-corrected chi connectivity index (χ1v) is 7.34. The van der Waals surface area contributed by atoms with E-state index in [0.29, 0.717) is 6.54 Å². The molecule has 0 saturated carbocycles. The van der Waals surface area contributed by atoms with Crippen molar-refractivity contribution in [3.8, 4) is 0 Å². The molecule has 84 valence electrons. The molecule has 0 aliphatic carbocycles. The van der Waals surface area contributed by atoms with E-state index in [-0.39, 0.29) is 0 Å². The van der Waals surface area contributed by atoms with Crippen LogP contribution in [-0.2, 0) is 6.42 Å². The van der Waals surface area contributed by atoms with Gasteiger partial charge in [-0.05, 0) is 36.7 Å². The van der Waals surface area contributed by atoms with Crippen molar-refractivity contribution in [2.24, 2.45) is 5.73 Å². The molecule has 0 aliphatic rings. The summed E-state index contributed by atoms with van der Waals surface area (Å²) in [6.07, 6.45) is 2.72. The number of benzene rings is 1. The maximum absolute atomic E-state index is 5.62. The molecule has 2 nitrogen and oxygen atoms in total. The molecule has 0 spiro atoms. The minimum absolute atomic E-state index is 0.669. The first-order chi connectivity index (χ1) is 7.79. The van der Waals surface area contributed by atoms with E-state index in [4.69, 9.17) is 5.73 Å². The van der Waals surface area contributed by atoms with E-state index in [2.05, 4.69) is 39.1 Å². The molecular formula is C11H11BrN2S2. The normalized spacial score (nSPS) is 10.6. The summed E-state index contributed by atoms with van der Waals surface area (Å²) < 4.78 is 2.17. The summed E-state index contributed by atoms with van der Waals surface area (Å²) in [4.78, 5) is 5.51. The first kappa shape index (κ1) is 12.1. The third kappa shape index (κ3) is 3.07. The highest BCUT2D eigenvalue weighted by molar-refractivity contribution is 9.10. The molecular weight excluding hydrogens is 304 g/mol. The molecule has 2 rings (SSSR count). The molecule has 0 amide bonds. The smallest absolute Gasteiger partial charge is 0.154 e. The zero-order valence-electron chi connectivity index (χ0n) is 8.52. The highest BCUT2D eigenvalue weighted by Crippen LogP contribution is 2.33. The van der Waals surface area contributed by atoms with Gasteiger partial charge in [0.15, 0.2) is 4.34 Å². The van der Waals surface area contributed by atoms with Crippen LogP contribution in [0.4, 0.5) is 0 Å². The third-order valence-electron chi connectivity index (χ3n) is 2.04. The van der Waals surface area contributed by atoms with Crippen LogP contribution in [0.2, 0.25) is 0 Å². The van der Waals surface area contributed by atoms with E-state index in [0.717, 1.165) is 15.2 Å². The molecule has 0 unspecified atom stereocenters. The standard InChI is InChI=1S/C11H11BrN2S2/c12-9-1-2-10(8(7-9)3-4-13)16-11-14-5-6-15-11/h1-2,5-7H,3-4,13H2. The highest BCUT2D eigenvalue weighted by Gasteiger charge is 2.06. The van der Waals surface area contributed by atoms with Gasteiger partial charge in [0.05, 0.1) is 0 Å². The Morgan fingerprint density at radius 3 is 3.00 bits per heavy atom. The van der Waals surface area contributed by atoms with Crippen molar-refractivity contribution in [1.82, 2.24) is 4.98 Å². The van der Waals surface area contributed by atoms with Gasteiger partial charge in [-0.15, -0.1) is 11.3 Å². The number of halogens is 1. The largest absolute Gasteiger partial charge is 0.330 e. The monoisotopic (exact) mass is 314 g/mol. The van der Waals surface area contributed by atoms with Crippen molar-refractivity contribution in [2.45, 2.75) is 15.7 Å². The maximum Gasteiger partial charge on any atom is 0.154 e. The molecule has 1 aromatic heterocycles. The minimum Gasteiger partial charge on any atom is -0.330 e. The second kappa shape index (κ2) is 5.82. The van der Waals surface area contributed by atoms with Crippen molar-refractivity contribution >= 4 is 39.0 Å². The molecule has 0 aliphatic heterocycles. The predicted octanol–water partition coefficient (Wildman–Crippen LogP) is 3.56. The number of hydrogen-bond acceptors (Lipinski definition) is 4. The van der Waals surface area contributed by atoms with E-state index in [1.165, 1.54) is 10.5 Å². The predicted molar refractivity (Wildman–Crippen MR) is 73.1 cm³/mol. The number of thiazole rings is 1. The zero-order valence-corrected chi connectivity index (χ0v) is 11.7. The van der Waals surface area contributed by atoms with Gasteiger partial charge in [-0.1, -0.05) is 27.7 Å². The van der Waals surface area contributed by atoms with Crippen LogP contribution in [0, 0.1) is 0 Å². The van der Waals surface area contributed by atoms with Gasteiger partial charge >= 0.3 is 0 Å². The fourth-order valence-corrected chi connectivity index (χ4v) is 3.48. The van der Waals surface area contributed by atoms with Crippen LogP contribution in [0.15, 0.2) is 43.5 Å². The first-order valence-electron chi connectivity index (χ1n) is 4.85. The third-order valence-corrected chi connectivity index (χ3v) is 4.54. The van der Waals surface area contributed by atoms with Crippen LogP contribution >= 0.6 is 39.0 Å². The van der Waals surface area contributed by atoms with Crippen molar-refractivity contribution in [1.29, 1.82) is 0 Å². The zero-order chi connectivity index (χ0) is 11.4. The van der Waals surface area contributed by atoms with Crippen LogP contribution in [0.3, 0.4) is 0 Å². The fourth-order valence-electron chi connectivity index (χ4n) is 1.35.